The Morgan fingerprint density at radius 1 is 0.968 bits per heavy atom. The van der Waals surface area contributed by atoms with E-state index < -0.39 is 34.5 Å². The average molecular weight is 448 g/mol. The van der Waals surface area contributed by atoms with Crippen molar-refractivity contribution in [1.29, 1.82) is 0 Å². The van der Waals surface area contributed by atoms with Crippen molar-refractivity contribution in [3.8, 4) is 0 Å². The topological polar surface area (TPSA) is 145 Å². The Morgan fingerprint density at radius 2 is 1.58 bits per heavy atom. The van der Waals surface area contributed by atoms with Crippen molar-refractivity contribution in [1.82, 2.24) is 5.32 Å². The number of carbonyl (C=O) groups is 3. The van der Waals surface area contributed by atoms with Crippen LogP contribution in [0.15, 0.2) is 59.5 Å². The minimum Gasteiger partial charge on any atom is -0.454 e. The van der Waals surface area contributed by atoms with Crippen LogP contribution in [0.2, 0.25) is 0 Å². The highest BCUT2D eigenvalue weighted by Crippen LogP contribution is 2.13. The lowest BCUT2D eigenvalue weighted by Gasteiger charge is -2.20. The Hall–Kier alpha value is -3.24. The van der Waals surface area contributed by atoms with Crippen LogP contribution in [-0.2, 0) is 35.6 Å². The first-order chi connectivity index (χ1) is 14.6. The number of amides is 2. The molecule has 2 aromatic carbocycles. The molecule has 10 heteroatoms. The van der Waals surface area contributed by atoms with Crippen molar-refractivity contribution in [3.63, 3.8) is 0 Å². The molecule has 4 N–H and O–H groups in total. The third-order valence-electron chi connectivity index (χ3n) is 4.26. The summed E-state index contributed by atoms with van der Waals surface area (Å²) in [6.45, 7) is 2.94. The highest BCUT2D eigenvalue weighted by Gasteiger charge is 2.26. The van der Waals surface area contributed by atoms with Gasteiger partial charge in [0.2, 0.25) is 15.9 Å². The molecule has 1 atom stereocenters. The van der Waals surface area contributed by atoms with Gasteiger partial charge in [-0.15, -0.1) is 0 Å². The molecule has 0 saturated carbocycles. The van der Waals surface area contributed by atoms with E-state index in [1.807, 2.05) is 30.3 Å². The van der Waals surface area contributed by atoms with E-state index >= 15 is 0 Å². The molecule has 0 unspecified atom stereocenters. The van der Waals surface area contributed by atoms with Gasteiger partial charge < -0.3 is 15.4 Å². The third-order valence-corrected chi connectivity index (χ3v) is 5.19. The van der Waals surface area contributed by atoms with Gasteiger partial charge in [-0.3, -0.25) is 9.59 Å². The summed E-state index contributed by atoms with van der Waals surface area (Å²) in [7, 11) is -3.83. The number of ether oxygens (including phenoxy) is 1. The van der Waals surface area contributed by atoms with Gasteiger partial charge in [0.15, 0.2) is 6.61 Å². The number of esters is 1. The van der Waals surface area contributed by atoms with Crippen LogP contribution in [0, 0.1) is 5.92 Å². The van der Waals surface area contributed by atoms with Gasteiger partial charge in [-0.25, -0.2) is 18.4 Å². The van der Waals surface area contributed by atoms with Crippen LogP contribution in [0.1, 0.15) is 19.4 Å². The van der Waals surface area contributed by atoms with Crippen LogP contribution in [0.25, 0.3) is 0 Å². The molecule has 0 heterocycles. The summed E-state index contributed by atoms with van der Waals surface area (Å²) in [4.78, 5) is 36.6. The van der Waals surface area contributed by atoms with Gasteiger partial charge in [-0.2, -0.15) is 0 Å². The number of benzene rings is 2. The molecular weight excluding hydrogens is 422 g/mol. The second kappa shape index (κ2) is 10.7. The first-order valence-electron chi connectivity index (χ1n) is 9.49. The number of primary sulfonamides is 1. The molecule has 0 fully saturated rings. The maximum Gasteiger partial charge on any atom is 0.329 e. The van der Waals surface area contributed by atoms with Gasteiger partial charge in [-0.05, 0) is 35.7 Å². The summed E-state index contributed by atoms with van der Waals surface area (Å²) in [6.07, 6.45) is 0.117. The molecule has 9 nitrogen and oxygen atoms in total. The first-order valence-corrected chi connectivity index (χ1v) is 11.0. The second-order valence-electron chi connectivity index (χ2n) is 7.18. The molecule has 0 aromatic heterocycles. The quantitative estimate of drug-likeness (QED) is 0.493. The van der Waals surface area contributed by atoms with E-state index in [-0.39, 0.29) is 23.1 Å². The van der Waals surface area contributed by atoms with E-state index in [4.69, 9.17) is 9.88 Å². The molecule has 0 radical (unpaired) electrons. The van der Waals surface area contributed by atoms with E-state index in [1.54, 1.807) is 13.8 Å². The maximum atomic E-state index is 12.4. The Bertz CT molecular complexity index is 1020. The fraction of sp³-hybridized carbons (Fsp3) is 0.286. The fourth-order valence-electron chi connectivity index (χ4n) is 2.65. The van der Waals surface area contributed by atoms with Gasteiger partial charge in [0.25, 0.3) is 5.91 Å². The third kappa shape index (κ3) is 7.83. The van der Waals surface area contributed by atoms with E-state index in [0.29, 0.717) is 5.69 Å². The number of carbonyl (C=O) groups excluding carboxylic acids is 3. The second-order valence-corrected chi connectivity index (χ2v) is 8.74. The van der Waals surface area contributed by atoms with Crippen LogP contribution in [0.5, 0.6) is 0 Å². The summed E-state index contributed by atoms with van der Waals surface area (Å²) in [5.74, 6) is -1.92. The summed E-state index contributed by atoms with van der Waals surface area (Å²) in [6, 6.07) is 13.4. The molecule has 0 aliphatic heterocycles. The first kappa shape index (κ1) is 24.0. The van der Waals surface area contributed by atoms with Crippen LogP contribution in [0.3, 0.4) is 0 Å². The summed E-state index contributed by atoms with van der Waals surface area (Å²) < 4.78 is 27.5. The van der Waals surface area contributed by atoms with Crippen molar-refractivity contribution in [2.24, 2.45) is 11.1 Å². The van der Waals surface area contributed by atoms with Crippen molar-refractivity contribution < 1.29 is 27.5 Å². The molecule has 31 heavy (non-hydrogen) atoms. The van der Waals surface area contributed by atoms with Gasteiger partial charge in [-0.1, -0.05) is 44.2 Å². The highest BCUT2D eigenvalue weighted by molar-refractivity contribution is 7.89. The van der Waals surface area contributed by atoms with E-state index in [0.717, 1.165) is 5.56 Å². The number of nitrogens with two attached hydrogens (primary N) is 1. The summed E-state index contributed by atoms with van der Waals surface area (Å²) >= 11 is 0. The average Bonchev–Trinajstić information content (AvgIpc) is 2.70. The Labute approximate surface area is 181 Å². The lowest BCUT2D eigenvalue weighted by atomic mass is 10.0. The number of rotatable bonds is 9. The molecule has 0 aliphatic rings. The van der Waals surface area contributed by atoms with Gasteiger partial charge in [0.1, 0.15) is 6.04 Å². The number of sulfonamides is 1. The normalized spacial score (nSPS) is 12.1. The van der Waals surface area contributed by atoms with Gasteiger partial charge in [0, 0.05) is 5.69 Å². The predicted octanol–water partition coefficient (Wildman–Crippen LogP) is 1.20. The number of hydrogen-bond donors (Lipinski definition) is 3. The maximum absolute atomic E-state index is 12.4. The molecule has 0 spiro atoms. The molecule has 0 saturated heterocycles. The molecule has 0 aliphatic carbocycles. The number of anilines is 1. The zero-order valence-corrected chi connectivity index (χ0v) is 18.0. The molecular formula is C21H25N3O6S. The minimum absolute atomic E-state index is 0.0945. The van der Waals surface area contributed by atoms with Gasteiger partial charge >= 0.3 is 5.97 Å². The Morgan fingerprint density at radius 3 is 2.13 bits per heavy atom. The van der Waals surface area contributed by atoms with Crippen molar-refractivity contribution in [2.75, 3.05) is 11.9 Å². The van der Waals surface area contributed by atoms with Crippen molar-refractivity contribution in [3.05, 3.63) is 60.2 Å². The van der Waals surface area contributed by atoms with Crippen LogP contribution in [0.4, 0.5) is 5.69 Å². The Balaban J connectivity index is 1.87. The minimum atomic E-state index is -3.83. The number of hydrogen-bond acceptors (Lipinski definition) is 6. The largest absolute Gasteiger partial charge is 0.454 e. The van der Waals surface area contributed by atoms with Crippen molar-refractivity contribution >= 4 is 33.5 Å². The summed E-state index contributed by atoms with van der Waals surface area (Å²) in [5.41, 5.74) is 1.12. The Kier molecular flexibility index (Phi) is 8.29. The molecule has 2 rings (SSSR count). The predicted molar refractivity (Wildman–Crippen MR) is 114 cm³/mol. The van der Waals surface area contributed by atoms with Crippen LogP contribution in [-0.4, -0.2) is 38.9 Å². The lowest BCUT2D eigenvalue weighted by molar-refractivity contribution is -0.151. The molecule has 2 aromatic rings. The smallest absolute Gasteiger partial charge is 0.329 e. The SMILES string of the molecule is CC(C)[C@H](NC(=O)Cc1ccccc1)C(=O)OCC(=O)Nc1ccc(S(N)(=O)=O)cc1. The fourth-order valence-corrected chi connectivity index (χ4v) is 3.17. The highest BCUT2D eigenvalue weighted by atomic mass is 32.2. The molecule has 166 valence electrons. The lowest BCUT2D eigenvalue weighted by Crippen LogP contribution is -2.46. The monoisotopic (exact) mass is 447 g/mol. The van der Waals surface area contributed by atoms with E-state index in [9.17, 15) is 22.8 Å². The molecule has 2 amide bonds. The molecule has 0 bridgehead atoms. The van der Waals surface area contributed by atoms with Gasteiger partial charge in [0.05, 0.1) is 11.3 Å². The standard InChI is InChI=1S/C21H25N3O6S/c1-14(2)20(24-18(25)12-15-6-4-3-5-7-15)21(27)30-13-19(26)23-16-8-10-17(11-9-16)31(22,28)29/h3-11,14,20H,12-13H2,1-2H3,(H,23,26)(H,24,25)(H2,22,28,29)/t20-/m0/s1. The van der Waals surface area contributed by atoms with Crippen LogP contribution < -0.4 is 15.8 Å². The summed E-state index contributed by atoms with van der Waals surface area (Å²) in [5, 5.41) is 10.1. The zero-order chi connectivity index (χ0) is 23.0. The zero-order valence-electron chi connectivity index (χ0n) is 17.2. The van der Waals surface area contributed by atoms with E-state index in [1.165, 1.54) is 24.3 Å². The van der Waals surface area contributed by atoms with E-state index in [2.05, 4.69) is 10.6 Å². The van der Waals surface area contributed by atoms with Crippen LogP contribution >= 0.6 is 0 Å². The van der Waals surface area contributed by atoms with Crippen molar-refractivity contribution in [2.45, 2.75) is 31.2 Å². The number of nitrogens with one attached hydrogen (secondary N) is 2.